The van der Waals surface area contributed by atoms with E-state index in [0.717, 1.165) is 23.0 Å². The second kappa shape index (κ2) is 10.3. The zero-order chi connectivity index (χ0) is 24.1. The van der Waals surface area contributed by atoms with Crippen molar-refractivity contribution in [3.63, 3.8) is 0 Å². The minimum Gasteiger partial charge on any atom is -0.494 e. The van der Waals surface area contributed by atoms with Gasteiger partial charge in [-0.05, 0) is 54.4 Å². The van der Waals surface area contributed by atoms with E-state index in [9.17, 15) is 18.8 Å². The third kappa shape index (κ3) is 4.98. The number of carbonyl (C=O) groups is 3. The number of anilines is 1. The van der Waals surface area contributed by atoms with Crippen molar-refractivity contribution in [1.29, 1.82) is 0 Å². The van der Waals surface area contributed by atoms with Gasteiger partial charge < -0.3 is 9.64 Å². The van der Waals surface area contributed by atoms with Crippen LogP contribution in [0.5, 0.6) is 5.75 Å². The van der Waals surface area contributed by atoms with Crippen LogP contribution in [0.25, 0.3) is 0 Å². The van der Waals surface area contributed by atoms with Crippen LogP contribution >= 0.6 is 0 Å². The Morgan fingerprint density at radius 3 is 2.44 bits per heavy atom. The number of hydrogen-bond donors (Lipinski definition) is 0. The first-order chi connectivity index (χ1) is 16.5. The molecule has 3 aromatic rings. The summed E-state index contributed by atoms with van der Waals surface area (Å²) < 4.78 is 19.4. The van der Waals surface area contributed by atoms with E-state index in [2.05, 4.69) is 0 Å². The van der Waals surface area contributed by atoms with E-state index in [1.807, 2.05) is 37.3 Å². The Labute approximate surface area is 197 Å². The Morgan fingerprint density at radius 1 is 1.03 bits per heavy atom. The highest BCUT2D eigenvalue weighted by Gasteiger charge is 2.44. The summed E-state index contributed by atoms with van der Waals surface area (Å²) >= 11 is 0. The molecule has 174 valence electrons. The van der Waals surface area contributed by atoms with Crippen molar-refractivity contribution in [2.75, 3.05) is 11.5 Å². The van der Waals surface area contributed by atoms with Crippen molar-refractivity contribution in [2.24, 2.45) is 0 Å². The number of halogens is 1. The molecule has 0 aromatic heterocycles. The SMILES string of the molecule is CCCOc1ccc(N2C(=O)CC(N(Cc3ccccc3)C(=O)c3cccc(F)c3)C2=O)cc1. The molecular weight excluding hydrogens is 435 g/mol. The van der Waals surface area contributed by atoms with E-state index in [0.29, 0.717) is 18.0 Å². The van der Waals surface area contributed by atoms with Gasteiger partial charge in [0.05, 0.1) is 18.7 Å². The zero-order valence-corrected chi connectivity index (χ0v) is 18.8. The molecule has 3 amide bonds. The molecule has 0 radical (unpaired) electrons. The predicted octanol–water partition coefficient (Wildman–Crippen LogP) is 4.59. The molecule has 1 unspecified atom stereocenters. The first-order valence-corrected chi connectivity index (χ1v) is 11.2. The van der Waals surface area contributed by atoms with Crippen LogP contribution in [0, 0.1) is 5.82 Å². The van der Waals surface area contributed by atoms with Gasteiger partial charge in [0.1, 0.15) is 17.6 Å². The maximum atomic E-state index is 13.8. The largest absolute Gasteiger partial charge is 0.494 e. The molecule has 0 saturated carbocycles. The highest BCUT2D eigenvalue weighted by atomic mass is 19.1. The monoisotopic (exact) mass is 460 g/mol. The fraction of sp³-hybridized carbons (Fsp3) is 0.222. The number of ether oxygens (including phenoxy) is 1. The van der Waals surface area contributed by atoms with Crippen LogP contribution in [0.15, 0.2) is 78.9 Å². The minimum absolute atomic E-state index is 0.109. The summed E-state index contributed by atoms with van der Waals surface area (Å²) in [5, 5.41) is 0. The van der Waals surface area contributed by atoms with Crippen LogP contribution in [0.1, 0.15) is 35.7 Å². The first-order valence-electron chi connectivity index (χ1n) is 11.2. The molecule has 1 aliphatic heterocycles. The van der Waals surface area contributed by atoms with Gasteiger partial charge in [0.15, 0.2) is 0 Å². The lowest BCUT2D eigenvalue weighted by molar-refractivity contribution is -0.122. The van der Waals surface area contributed by atoms with Gasteiger partial charge in [0.25, 0.3) is 11.8 Å². The number of benzene rings is 3. The van der Waals surface area contributed by atoms with Gasteiger partial charge in [-0.15, -0.1) is 0 Å². The maximum Gasteiger partial charge on any atom is 0.257 e. The number of hydrogen-bond acceptors (Lipinski definition) is 4. The number of rotatable bonds is 8. The molecule has 1 fully saturated rings. The average Bonchev–Trinajstić information content (AvgIpc) is 3.15. The van der Waals surface area contributed by atoms with Gasteiger partial charge in [0, 0.05) is 12.1 Å². The molecule has 7 heteroatoms. The van der Waals surface area contributed by atoms with Crippen LogP contribution < -0.4 is 9.64 Å². The molecule has 1 heterocycles. The fourth-order valence-corrected chi connectivity index (χ4v) is 3.93. The number of imide groups is 1. The molecule has 1 saturated heterocycles. The molecule has 1 atom stereocenters. The smallest absolute Gasteiger partial charge is 0.257 e. The normalized spacial score (nSPS) is 15.5. The standard InChI is InChI=1S/C27H25FN2O4/c1-2-15-34-23-13-11-22(12-14-23)30-25(31)17-24(27(30)33)29(18-19-7-4-3-5-8-19)26(32)20-9-6-10-21(28)16-20/h3-14,16,24H,2,15,17-18H2,1H3. The van der Waals surface area contributed by atoms with Crippen LogP contribution in [-0.4, -0.2) is 35.3 Å². The first kappa shape index (κ1) is 23.2. The lowest BCUT2D eigenvalue weighted by atomic mass is 10.1. The Balaban J connectivity index is 1.63. The third-order valence-electron chi connectivity index (χ3n) is 5.59. The Bertz CT molecular complexity index is 1180. The highest BCUT2D eigenvalue weighted by molar-refractivity contribution is 6.23. The van der Waals surface area contributed by atoms with Crippen LogP contribution in [-0.2, 0) is 16.1 Å². The third-order valence-corrected chi connectivity index (χ3v) is 5.59. The molecule has 3 aromatic carbocycles. The fourth-order valence-electron chi connectivity index (χ4n) is 3.93. The summed E-state index contributed by atoms with van der Waals surface area (Å²) in [6, 6.07) is 20.2. The zero-order valence-electron chi connectivity index (χ0n) is 18.8. The molecule has 0 N–H and O–H groups in total. The van der Waals surface area contributed by atoms with E-state index in [1.54, 1.807) is 24.3 Å². The second-order valence-corrected chi connectivity index (χ2v) is 8.06. The molecule has 0 spiro atoms. The van der Waals surface area contributed by atoms with E-state index >= 15 is 0 Å². The van der Waals surface area contributed by atoms with Crippen molar-refractivity contribution >= 4 is 23.4 Å². The molecule has 0 bridgehead atoms. The van der Waals surface area contributed by atoms with Crippen molar-refractivity contribution in [2.45, 2.75) is 32.4 Å². The molecule has 0 aliphatic carbocycles. The predicted molar refractivity (Wildman–Crippen MR) is 126 cm³/mol. The Hall–Kier alpha value is -4.00. The van der Waals surface area contributed by atoms with E-state index in [-0.39, 0.29) is 18.5 Å². The van der Waals surface area contributed by atoms with Crippen LogP contribution in [0.4, 0.5) is 10.1 Å². The summed E-state index contributed by atoms with van der Waals surface area (Å²) in [5.74, 6) is -1.31. The quantitative estimate of drug-likeness (QED) is 0.461. The van der Waals surface area contributed by atoms with Crippen molar-refractivity contribution in [3.05, 3.63) is 95.8 Å². The van der Waals surface area contributed by atoms with Crippen LogP contribution in [0.3, 0.4) is 0 Å². The van der Waals surface area contributed by atoms with Gasteiger partial charge in [-0.25, -0.2) is 9.29 Å². The van der Waals surface area contributed by atoms with Gasteiger partial charge in [-0.3, -0.25) is 14.4 Å². The summed E-state index contributed by atoms with van der Waals surface area (Å²) in [7, 11) is 0. The van der Waals surface area contributed by atoms with E-state index in [1.165, 1.54) is 23.1 Å². The van der Waals surface area contributed by atoms with Crippen molar-refractivity contribution < 1.29 is 23.5 Å². The summed E-state index contributed by atoms with van der Waals surface area (Å²) in [6.45, 7) is 2.68. The van der Waals surface area contributed by atoms with Gasteiger partial charge in [0.2, 0.25) is 5.91 Å². The summed E-state index contributed by atoms with van der Waals surface area (Å²) in [5.41, 5.74) is 1.33. The Morgan fingerprint density at radius 2 is 1.76 bits per heavy atom. The topological polar surface area (TPSA) is 66.9 Å². The van der Waals surface area contributed by atoms with E-state index < -0.39 is 29.6 Å². The summed E-state index contributed by atoms with van der Waals surface area (Å²) in [4.78, 5) is 42.2. The van der Waals surface area contributed by atoms with Gasteiger partial charge >= 0.3 is 0 Å². The number of amides is 3. The Kier molecular flexibility index (Phi) is 7.01. The molecule has 1 aliphatic rings. The minimum atomic E-state index is -1.00. The maximum absolute atomic E-state index is 13.8. The van der Waals surface area contributed by atoms with E-state index in [4.69, 9.17) is 4.74 Å². The molecular formula is C27H25FN2O4. The molecule has 34 heavy (non-hydrogen) atoms. The lowest BCUT2D eigenvalue weighted by Crippen LogP contribution is -2.45. The summed E-state index contributed by atoms with van der Waals surface area (Å²) in [6.07, 6.45) is 0.712. The van der Waals surface area contributed by atoms with Crippen molar-refractivity contribution in [1.82, 2.24) is 4.90 Å². The van der Waals surface area contributed by atoms with Crippen LogP contribution in [0.2, 0.25) is 0 Å². The molecule has 6 nitrogen and oxygen atoms in total. The number of nitrogens with zero attached hydrogens (tertiary/aromatic N) is 2. The van der Waals surface area contributed by atoms with Gasteiger partial charge in [-0.1, -0.05) is 43.3 Å². The molecule has 4 rings (SSSR count). The van der Waals surface area contributed by atoms with Gasteiger partial charge in [-0.2, -0.15) is 0 Å². The number of carbonyl (C=O) groups excluding carboxylic acids is 3. The lowest BCUT2D eigenvalue weighted by Gasteiger charge is -2.28. The highest BCUT2D eigenvalue weighted by Crippen LogP contribution is 2.29. The van der Waals surface area contributed by atoms with Crippen molar-refractivity contribution in [3.8, 4) is 5.75 Å². The average molecular weight is 461 g/mol. The second-order valence-electron chi connectivity index (χ2n) is 8.06.